The molecule has 4 heteroatoms. The summed E-state index contributed by atoms with van der Waals surface area (Å²) in [5.74, 6) is 1.28. The molecule has 4 aromatic carbocycles. The van der Waals surface area contributed by atoms with Crippen LogP contribution in [0.3, 0.4) is 0 Å². The Balaban J connectivity index is 1.50. The molecular formula is C25H20O3S. The SMILES string of the molecule is Cc1ccc(S(=O)(=O)c2ccc(Oc3ccc(-c4ccccc4)cc3)cc2)cc1. The van der Waals surface area contributed by atoms with Gasteiger partial charge < -0.3 is 4.74 Å². The molecule has 0 unspecified atom stereocenters. The van der Waals surface area contributed by atoms with Crippen LogP contribution >= 0.6 is 0 Å². The zero-order chi connectivity index (χ0) is 20.3. The Bertz CT molecular complexity index is 1190. The number of hydrogen-bond donors (Lipinski definition) is 0. The minimum absolute atomic E-state index is 0.244. The van der Waals surface area contributed by atoms with E-state index in [4.69, 9.17) is 4.74 Å². The maximum atomic E-state index is 12.7. The molecule has 0 atom stereocenters. The van der Waals surface area contributed by atoms with Crippen molar-refractivity contribution in [2.45, 2.75) is 16.7 Å². The molecule has 29 heavy (non-hydrogen) atoms. The van der Waals surface area contributed by atoms with Gasteiger partial charge in [-0.1, -0.05) is 60.2 Å². The quantitative estimate of drug-likeness (QED) is 0.395. The molecule has 4 aromatic rings. The van der Waals surface area contributed by atoms with E-state index in [0.717, 1.165) is 16.7 Å². The van der Waals surface area contributed by atoms with E-state index in [9.17, 15) is 8.42 Å². The summed E-state index contributed by atoms with van der Waals surface area (Å²) in [6.45, 7) is 1.93. The number of aryl methyl sites for hydroxylation is 1. The summed E-state index contributed by atoms with van der Waals surface area (Å²) in [5, 5.41) is 0. The summed E-state index contributed by atoms with van der Waals surface area (Å²) in [5.41, 5.74) is 3.27. The predicted octanol–water partition coefficient (Wildman–Crippen LogP) is 6.29. The van der Waals surface area contributed by atoms with Crippen molar-refractivity contribution in [2.75, 3.05) is 0 Å². The van der Waals surface area contributed by atoms with Gasteiger partial charge in [0, 0.05) is 0 Å². The highest BCUT2D eigenvalue weighted by Crippen LogP contribution is 2.28. The lowest BCUT2D eigenvalue weighted by Gasteiger charge is -2.09. The predicted molar refractivity (Wildman–Crippen MR) is 115 cm³/mol. The highest BCUT2D eigenvalue weighted by atomic mass is 32.2. The van der Waals surface area contributed by atoms with E-state index in [2.05, 4.69) is 12.1 Å². The maximum absolute atomic E-state index is 12.7. The highest BCUT2D eigenvalue weighted by Gasteiger charge is 2.17. The first-order valence-corrected chi connectivity index (χ1v) is 10.8. The molecule has 0 fully saturated rings. The minimum atomic E-state index is -3.54. The van der Waals surface area contributed by atoms with Crippen molar-refractivity contribution >= 4 is 9.84 Å². The fourth-order valence-electron chi connectivity index (χ4n) is 3.02. The first-order valence-electron chi connectivity index (χ1n) is 9.27. The van der Waals surface area contributed by atoms with Crippen LogP contribution in [0.15, 0.2) is 113 Å². The summed E-state index contributed by atoms with van der Waals surface area (Å²) < 4.78 is 31.4. The molecule has 0 aliphatic carbocycles. The molecule has 0 saturated carbocycles. The Hall–Kier alpha value is -3.37. The molecule has 0 aromatic heterocycles. The van der Waals surface area contributed by atoms with Gasteiger partial charge in [-0.3, -0.25) is 0 Å². The third-order valence-electron chi connectivity index (χ3n) is 4.66. The average Bonchev–Trinajstić information content (AvgIpc) is 2.76. The summed E-state index contributed by atoms with van der Waals surface area (Å²) in [6.07, 6.45) is 0. The van der Waals surface area contributed by atoms with E-state index in [1.54, 1.807) is 48.5 Å². The molecule has 0 spiro atoms. The van der Waals surface area contributed by atoms with Crippen molar-refractivity contribution in [1.29, 1.82) is 0 Å². The summed E-state index contributed by atoms with van der Waals surface area (Å²) in [6, 6.07) is 31.3. The second kappa shape index (κ2) is 7.94. The molecule has 0 aliphatic rings. The maximum Gasteiger partial charge on any atom is 0.206 e. The van der Waals surface area contributed by atoms with Crippen LogP contribution in [0.25, 0.3) is 11.1 Å². The number of benzene rings is 4. The molecule has 0 aliphatic heterocycles. The van der Waals surface area contributed by atoms with Crippen LogP contribution in [0.2, 0.25) is 0 Å². The first-order chi connectivity index (χ1) is 14.0. The van der Waals surface area contributed by atoms with Gasteiger partial charge in [-0.2, -0.15) is 0 Å². The summed E-state index contributed by atoms with van der Waals surface area (Å²) >= 11 is 0. The van der Waals surface area contributed by atoms with Crippen molar-refractivity contribution < 1.29 is 13.2 Å². The van der Waals surface area contributed by atoms with Gasteiger partial charge in [-0.25, -0.2) is 8.42 Å². The van der Waals surface area contributed by atoms with Gasteiger partial charge >= 0.3 is 0 Å². The molecular weight excluding hydrogens is 380 g/mol. The molecule has 144 valence electrons. The Kier molecular flexibility index (Phi) is 5.19. The molecule has 0 heterocycles. The van der Waals surface area contributed by atoms with Crippen LogP contribution < -0.4 is 4.74 Å². The summed E-state index contributed by atoms with van der Waals surface area (Å²) in [4.78, 5) is 0.529. The lowest BCUT2D eigenvalue weighted by Crippen LogP contribution is -2.01. The van der Waals surface area contributed by atoms with Gasteiger partial charge in [-0.15, -0.1) is 0 Å². The number of sulfone groups is 1. The lowest BCUT2D eigenvalue weighted by molar-refractivity contribution is 0.482. The smallest absolute Gasteiger partial charge is 0.206 e. The lowest BCUT2D eigenvalue weighted by atomic mass is 10.1. The van der Waals surface area contributed by atoms with Crippen molar-refractivity contribution in [1.82, 2.24) is 0 Å². The normalized spacial score (nSPS) is 11.2. The van der Waals surface area contributed by atoms with Crippen molar-refractivity contribution in [3.8, 4) is 22.6 Å². The van der Waals surface area contributed by atoms with Crippen LogP contribution in [0, 0.1) is 6.92 Å². The second-order valence-electron chi connectivity index (χ2n) is 6.78. The third kappa shape index (κ3) is 4.23. The van der Waals surface area contributed by atoms with Crippen molar-refractivity contribution in [2.24, 2.45) is 0 Å². The van der Waals surface area contributed by atoms with Crippen LogP contribution in [-0.2, 0) is 9.84 Å². The van der Waals surface area contributed by atoms with Crippen molar-refractivity contribution in [3.63, 3.8) is 0 Å². The third-order valence-corrected chi connectivity index (χ3v) is 6.45. The Labute approximate surface area is 171 Å². The van der Waals surface area contributed by atoms with Crippen molar-refractivity contribution in [3.05, 3.63) is 109 Å². The van der Waals surface area contributed by atoms with E-state index in [1.165, 1.54) is 0 Å². The second-order valence-corrected chi connectivity index (χ2v) is 8.73. The fraction of sp³-hybridized carbons (Fsp3) is 0.0400. The molecule has 0 radical (unpaired) electrons. The Morgan fingerprint density at radius 1 is 0.552 bits per heavy atom. The zero-order valence-electron chi connectivity index (χ0n) is 15.9. The van der Waals surface area contributed by atoms with E-state index in [1.807, 2.05) is 49.4 Å². The molecule has 0 N–H and O–H groups in total. The molecule has 0 bridgehead atoms. The molecule has 3 nitrogen and oxygen atoms in total. The van der Waals surface area contributed by atoms with Gasteiger partial charge in [0.1, 0.15) is 11.5 Å². The van der Waals surface area contributed by atoms with Crippen LogP contribution in [0.5, 0.6) is 11.5 Å². The number of ether oxygens (including phenoxy) is 1. The van der Waals surface area contributed by atoms with E-state index in [-0.39, 0.29) is 9.79 Å². The van der Waals surface area contributed by atoms with Crippen LogP contribution in [0.4, 0.5) is 0 Å². The topological polar surface area (TPSA) is 43.4 Å². The van der Waals surface area contributed by atoms with Gasteiger partial charge in [0.2, 0.25) is 9.84 Å². The van der Waals surface area contributed by atoms with Crippen LogP contribution in [0.1, 0.15) is 5.56 Å². The average molecular weight is 400 g/mol. The standard InChI is InChI=1S/C25H20O3S/c1-19-7-15-24(16-8-19)29(26,27)25-17-13-23(14-18-25)28-22-11-9-21(10-12-22)20-5-3-2-4-6-20/h2-18H,1H3. The minimum Gasteiger partial charge on any atom is -0.457 e. The van der Waals surface area contributed by atoms with Gasteiger partial charge in [0.25, 0.3) is 0 Å². The molecule has 0 saturated heterocycles. The molecule has 0 amide bonds. The number of hydrogen-bond acceptors (Lipinski definition) is 3. The van der Waals surface area contributed by atoms with Gasteiger partial charge in [0.05, 0.1) is 9.79 Å². The largest absolute Gasteiger partial charge is 0.457 e. The zero-order valence-corrected chi connectivity index (χ0v) is 16.8. The first kappa shape index (κ1) is 19.0. The van der Waals surface area contributed by atoms with E-state index >= 15 is 0 Å². The van der Waals surface area contributed by atoms with E-state index < -0.39 is 9.84 Å². The Morgan fingerprint density at radius 2 is 1.00 bits per heavy atom. The Morgan fingerprint density at radius 3 is 1.55 bits per heavy atom. The highest BCUT2D eigenvalue weighted by molar-refractivity contribution is 7.91. The van der Waals surface area contributed by atoms with Crippen LogP contribution in [-0.4, -0.2) is 8.42 Å². The summed E-state index contributed by atoms with van der Waals surface area (Å²) in [7, 11) is -3.54. The molecule has 4 rings (SSSR count). The van der Waals surface area contributed by atoms with Gasteiger partial charge in [0.15, 0.2) is 0 Å². The van der Waals surface area contributed by atoms with Gasteiger partial charge in [-0.05, 0) is 66.6 Å². The number of rotatable bonds is 5. The monoisotopic (exact) mass is 400 g/mol. The van der Waals surface area contributed by atoms with E-state index in [0.29, 0.717) is 11.5 Å². The fourth-order valence-corrected chi connectivity index (χ4v) is 4.28.